The average molecular weight is 801 g/mol. The molecule has 15 nitrogen and oxygen atoms in total. The number of nitrogens with one attached hydrogen (secondary N) is 3. The number of carbonyl (C=O) groups excluding carboxylic acids is 4. The number of amides is 3. The second-order valence-electron chi connectivity index (χ2n) is 12.5. The highest BCUT2D eigenvalue weighted by Crippen LogP contribution is 2.31. The Hall–Kier alpha value is -6.18. The molecule has 0 saturated carbocycles. The SMILES string of the molecule is CCOC(=O)c1ccc(NC(=O)O[C@@H]2[C@@H](OCc3ccc(C)cc3)[C@H](OCC)O[C@H](COC(=O)Nc3ccc(Cl)cc3)[C@H]2OC(=O)Nc2cccc(C#N)c2)cc1. The standard InChI is InChI=1S/C41H41ClN4O11/c1-4-51-37(47)28-13-17-30(18-14-28)45-40(49)57-35-34(56-41(50)46-32-8-6-7-27(21-32)22-43)33(24-54-39(48)44-31-19-15-29(42)16-20-31)55-38(52-5-2)36(35)53-23-26-11-9-25(3)10-12-26/h6-21,33-36,38H,4-5,23-24H2,1-3H3,(H,44,48)(H,45,49)(H,46,50)/t33-,34-,35+,36-,38-/m1/s1. The largest absolute Gasteiger partial charge is 0.462 e. The van der Waals surface area contributed by atoms with Crippen LogP contribution in [-0.4, -0.2) is 74.8 Å². The van der Waals surface area contributed by atoms with Crippen molar-refractivity contribution in [2.75, 3.05) is 35.8 Å². The highest BCUT2D eigenvalue weighted by Gasteiger charge is 2.52. The molecule has 0 aliphatic carbocycles. The van der Waals surface area contributed by atoms with E-state index >= 15 is 0 Å². The maximum Gasteiger partial charge on any atom is 0.412 e. The maximum atomic E-state index is 13.7. The van der Waals surface area contributed by atoms with Gasteiger partial charge in [0, 0.05) is 28.7 Å². The molecule has 0 radical (unpaired) electrons. The van der Waals surface area contributed by atoms with Crippen LogP contribution in [0.15, 0.2) is 97.1 Å². The van der Waals surface area contributed by atoms with Gasteiger partial charge in [0.05, 0.1) is 30.4 Å². The normalized spacial score (nSPS) is 18.6. The van der Waals surface area contributed by atoms with Crippen LogP contribution in [0.1, 0.15) is 40.9 Å². The van der Waals surface area contributed by atoms with Gasteiger partial charge in [0.25, 0.3) is 0 Å². The summed E-state index contributed by atoms with van der Waals surface area (Å²) in [5.41, 5.74) is 3.26. The quantitative estimate of drug-likeness (QED) is 0.0828. The monoisotopic (exact) mass is 800 g/mol. The van der Waals surface area contributed by atoms with Gasteiger partial charge in [0.1, 0.15) is 18.8 Å². The number of anilines is 3. The lowest BCUT2D eigenvalue weighted by Crippen LogP contribution is -2.63. The van der Waals surface area contributed by atoms with Crippen LogP contribution < -0.4 is 16.0 Å². The van der Waals surface area contributed by atoms with Crippen LogP contribution in [0, 0.1) is 18.3 Å². The molecule has 57 heavy (non-hydrogen) atoms. The van der Waals surface area contributed by atoms with Crippen molar-refractivity contribution in [1.82, 2.24) is 0 Å². The summed E-state index contributed by atoms with van der Waals surface area (Å²) in [5, 5.41) is 17.6. The summed E-state index contributed by atoms with van der Waals surface area (Å²) < 4.78 is 41.1. The van der Waals surface area contributed by atoms with Gasteiger partial charge in [-0.15, -0.1) is 0 Å². The minimum atomic E-state index is -1.48. The number of nitriles is 1. The van der Waals surface area contributed by atoms with Crippen molar-refractivity contribution in [1.29, 1.82) is 5.26 Å². The first-order chi connectivity index (χ1) is 27.5. The number of halogens is 1. The fourth-order valence-corrected chi connectivity index (χ4v) is 5.72. The van der Waals surface area contributed by atoms with E-state index in [1.54, 1.807) is 56.3 Å². The van der Waals surface area contributed by atoms with Gasteiger partial charge < -0.3 is 33.2 Å². The molecule has 1 aliphatic heterocycles. The van der Waals surface area contributed by atoms with Gasteiger partial charge in [-0.05, 0) is 93.1 Å². The molecule has 5 rings (SSSR count). The number of carbonyl (C=O) groups is 4. The number of rotatable bonds is 14. The van der Waals surface area contributed by atoms with Crippen LogP contribution in [0.3, 0.4) is 0 Å². The molecular formula is C41H41ClN4O11. The Kier molecular flexibility index (Phi) is 15.2. The van der Waals surface area contributed by atoms with Crippen molar-refractivity contribution < 1.29 is 52.3 Å². The van der Waals surface area contributed by atoms with E-state index in [-0.39, 0.29) is 42.3 Å². The molecule has 5 atom stereocenters. The molecule has 3 amide bonds. The molecule has 1 heterocycles. The van der Waals surface area contributed by atoms with Crippen molar-refractivity contribution in [2.45, 2.75) is 58.1 Å². The molecule has 0 unspecified atom stereocenters. The first kappa shape index (κ1) is 42.0. The summed E-state index contributed by atoms with van der Waals surface area (Å²) >= 11 is 5.97. The van der Waals surface area contributed by atoms with Crippen LogP contribution >= 0.6 is 11.6 Å². The van der Waals surface area contributed by atoms with Crippen molar-refractivity contribution in [3.05, 3.63) is 124 Å². The zero-order valence-electron chi connectivity index (χ0n) is 31.3. The lowest BCUT2D eigenvalue weighted by molar-refractivity contribution is -0.308. The molecule has 3 N–H and O–H groups in total. The van der Waals surface area contributed by atoms with E-state index in [0.717, 1.165) is 11.1 Å². The highest BCUT2D eigenvalue weighted by molar-refractivity contribution is 6.30. The van der Waals surface area contributed by atoms with Gasteiger partial charge in [-0.3, -0.25) is 16.0 Å². The van der Waals surface area contributed by atoms with Crippen molar-refractivity contribution in [3.63, 3.8) is 0 Å². The average Bonchev–Trinajstić information content (AvgIpc) is 3.20. The Morgan fingerprint density at radius 2 is 1.35 bits per heavy atom. The summed E-state index contributed by atoms with van der Waals surface area (Å²) in [4.78, 5) is 52.3. The van der Waals surface area contributed by atoms with E-state index in [9.17, 15) is 24.4 Å². The van der Waals surface area contributed by atoms with Crippen molar-refractivity contribution in [2.24, 2.45) is 0 Å². The summed E-state index contributed by atoms with van der Waals surface area (Å²) in [7, 11) is 0. The number of esters is 1. The predicted octanol–water partition coefficient (Wildman–Crippen LogP) is 7.83. The van der Waals surface area contributed by atoms with E-state index < -0.39 is 61.6 Å². The number of aryl methyl sites for hydroxylation is 1. The molecule has 4 aromatic carbocycles. The zero-order valence-corrected chi connectivity index (χ0v) is 32.0. The van der Waals surface area contributed by atoms with E-state index in [2.05, 4.69) is 16.0 Å². The third kappa shape index (κ3) is 12.4. The number of hydrogen-bond donors (Lipinski definition) is 3. The molecule has 0 bridgehead atoms. The van der Waals surface area contributed by atoms with Crippen LogP contribution in [-0.2, 0) is 39.8 Å². The Morgan fingerprint density at radius 1 is 0.719 bits per heavy atom. The first-order valence-electron chi connectivity index (χ1n) is 17.9. The molecule has 298 valence electrons. The molecule has 0 spiro atoms. The summed E-state index contributed by atoms with van der Waals surface area (Å²) in [6, 6.07) is 27.9. The van der Waals surface area contributed by atoms with E-state index in [4.69, 9.17) is 44.8 Å². The summed E-state index contributed by atoms with van der Waals surface area (Å²) in [6.07, 6.45) is -9.50. The molecule has 16 heteroatoms. The second-order valence-corrected chi connectivity index (χ2v) is 12.9. The van der Waals surface area contributed by atoms with Gasteiger partial charge >= 0.3 is 24.2 Å². The minimum Gasteiger partial charge on any atom is -0.462 e. The lowest BCUT2D eigenvalue weighted by atomic mass is 9.98. The van der Waals surface area contributed by atoms with Gasteiger partial charge in [0.2, 0.25) is 0 Å². The molecular weight excluding hydrogens is 760 g/mol. The number of ether oxygens (including phenoxy) is 7. The van der Waals surface area contributed by atoms with Crippen molar-refractivity contribution >= 4 is 52.9 Å². The smallest absolute Gasteiger partial charge is 0.412 e. The van der Waals surface area contributed by atoms with Gasteiger partial charge in [-0.1, -0.05) is 47.5 Å². The fraction of sp³-hybridized carbons (Fsp3) is 0.293. The minimum absolute atomic E-state index is 0.0131. The topological polar surface area (TPSA) is 193 Å². The lowest BCUT2D eigenvalue weighted by Gasteiger charge is -2.44. The second kappa shape index (κ2) is 20.7. The Labute approximate surface area is 334 Å². The van der Waals surface area contributed by atoms with Crippen molar-refractivity contribution in [3.8, 4) is 6.07 Å². The molecule has 1 saturated heterocycles. The Balaban J connectivity index is 1.45. The van der Waals surface area contributed by atoms with Crippen LogP contribution in [0.2, 0.25) is 5.02 Å². The van der Waals surface area contributed by atoms with E-state index in [1.807, 2.05) is 37.3 Å². The predicted molar refractivity (Wildman–Crippen MR) is 208 cm³/mol. The fourth-order valence-electron chi connectivity index (χ4n) is 5.60. The van der Waals surface area contributed by atoms with Gasteiger partial charge in [-0.25, -0.2) is 19.2 Å². The summed E-state index contributed by atoms with van der Waals surface area (Å²) in [5.74, 6) is -0.530. The number of hydrogen-bond acceptors (Lipinski definition) is 12. The van der Waals surface area contributed by atoms with Gasteiger partial charge in [-0.2, -0.15) is 5.26 Å². The van der Waals surface area contributed by atoms with Crippen LogP contribution in [0.25, 0.3) is 0 Å². The molecule has 1 fully saturated rings. The van der Waals surface area contributed by atoms with Crippen LogP contribution in [0.4, 0.5) is 31.4 Å². The van der Waals surface area contributed by atoms with E-state index in [0.29, 0.717) is 10.7 Å². The number of benzene rings is 4. The van der Waals surface area contributed by atoms with Crippen LogP contribution in [0.5, 0.6) is 0 Å². The first-order valence-corrected chi connectivity index (χ1v) is 18.3. The third-order valence-corrected chi connectivity index (χ3v) is 8.57. The molecule has 0 aromatic heterocycles. The van der Waals surface area contributed by atoms with E-state index in [1.165, 1.54) is 30.3 Å². The highest BCUT2D eigenvalue weighted by atomic mass is 35.5. The Bertz CT molecular complexity index is 2020. The third-order valence-electron chi connectivity index (χ3n) is 8.32. The zero-order chi connectivity index (χ0) is 40.7. The number of nitrogens with zero attached hydrogens (tertiary/aromatic N) is 1. The summed E-state index contributed by atoms with van der Waals surface area (Å²) in [6.45, 7) is 5.18. The maximum absolute atomic E-state index is 13.7. The molecule has 4 aromatic rings. The van der Waals surface area contributed by atoms with Gasteiger partial charge in [0.15, 0.2) is 18.5 Å². The Morgan fingerprint density at radius 3 is 2.00 bits per heavy atom. The molecule has 1 aliphatic rings.